The number of hydrogen-bond acceptors (Lipinski definition) is 7. The van der Waals surface area contributed by atoms with Crippen molar-refractivity contribution in [1.82, 2.24) is 9.78 Å². The van der Waals surface area contributed by atoms with Crippen LogP contribution in [-0.4, -0.2) is 53.0 Å². The van der Waals surface area contributed by atoms with Crippen molar-refractivity contribution in [1.29, 1.82) is 0 Å². The van der Waals surface area contributed by atoms with Gasteiger partial charge in [-0.25, -0.2) is 0 Å². The van der Waals surface area contributed by atoms with Crippen LogP contribution in [0.3, 0.4) is 0 Å². The average Bonchev–Trinajstić information content (AvgIpc) is 3.55. The number of amides is 1. The molecule has 1 aliphatic carbocycles. The summed E-state index contributed by atoms with van der Waals surface area (Å²) in [7, 11) is -4.02. The zero-order valence-corrected chi connectivity index (χ0v) is 25.6. The van der Waals surface area contributed by atoms with Crippen LogP contribution in [0.4, 0.5) is 11.4 Å². The molecule has 2 aromatic carbocycles. The van der Waals surface area contributed by atoms with E-state index in [0.717, 1.165) is 63.7 Å². The first-order valence-corrected chi connectivity index (χ1v) is 16.7. The summed E-state index contributed by atoms with van der Waals surface area (Å²) in [6.07, 6.45) is 7.64. The second-order valence-corrected chi connectivity index (χ2v) is 13.6. The van der Waals surface area contributed by atoms with Gasteiger partial charge in [0.1, 0.15) is 4.83 Å². The fourth-order valence-corrected chi connectivity index (χ4v) is 7.15. The summed E-state index contributed by atoms with van der Waals surface area (Å²) in [5, 5.41) is 18.6. The Bertz CT molecular complexity index is 1610. The molecule has 1 aliphatic heterocycles. The molecule has 9 nitrogen and oxygen atoms in total. The lowest BCUT2D eigenvalue weighted by molar-refractivity contribution is 0.103. The normalized spacial score (nSPS) is 16.7. The fourth-order valence-electron chi connectivity index (χ4n) is 5.54. The van der Waals surface area contributed by atoms with Crippen LogP contribution in [0, 0.1) is 13.8 Å². The van der Waals surface area contributed by atoms with Gasteiger partial charge >= 0.3 is 0 Å². The number of benzene rings is 2. The van der Waals surface area contributed by atoms with Crippen molar-refractivity contribution in [3.8, 4) is 0 Å². The molecule has 224 valence electrons. The molecule has 4 aromatic rings. The van der Waals surface area contributed by atoms with Crippen molar-refractivity contribution >= 4 is 49.0 Å². The predicted octanol–water partition coefficient (Wildman–Crippen LogP) is 6.37. The quantitative estimate of drug-likeness (QED) is 0.224. The van der Waals surface area contributed by atoms with Crippen LogP contribution in [0.15, 0.2) is 59.5 Å². The molecule has 2 aromatic heterocycles. The maximum absolute atomic E-state index is 12.9. The number of fused-ring (bicyclic) bond motifs is 1. The van der Waals surface area contributed by atoms with Gasteiger partial charge in [0.25, 0.3) is 16.0 Å². The topological polar surface area (TPSA) is 125 Å². The Balaban J connectivity index is 0.000000271. The third-order valence-electron chi connectivity index (χ3n) is 7.99. The lowest BCUT2D eigenvalue weighted by Gasteiger charge is -2.31. The smallest absolute Gasteiger partial charge is 0.294 e. The van der Waals surface area contributed by atoms with Gasteiger partial charge in [-0.2, -0.15) is 13.5 Å². The summed E-state index contributed by atoms with van der Waals surface area (Å²) in [6.45, 7) is 5.61. The number of carbonyl (C=O) groups is 1. The molecular weight excluding hydrogens is 572 g/mol. The molecule has 11 heteroatoms. The first kappa shape index (κ1) is 30.2. The fraction of sp³-hybridized carbons (Fsp3) is 0.419. The lowest BCUT2D eigenvalue weighted by Crippen LogP contribution is -2.35. The number of carbonyl (C=O) groups excluding carboxylic acids is 1. The van der Waals surface area contributed by atoms with Crippen molar-refractivity contribution in [2.75, 3.05) is 23.3 Å². The van der Waals surface area contributed by atoms with E-state index in [0.29, 0.717) is 6.04 Å². The number of aromatic nitrogens is 2. The molecule has 0 radical (unpaired) electrons. The number of piperidine rings is 1. The molecule has 2 fully saturated rings. The maximum Gasteiger partial charge on any atom is 0.294 e. The molecule has 3 heterocycles. The molecule has 3 N–H and O–H groups in total. The van der Waals surface area contributed by atoms with E-state index < -0.39 is 10.1 Å². The van der Waals surface area contributed by atoms with E-state index in [4.69, 9.17) is 9.65 Å². The molecular formula is C31H38N4O5S2. The summed E-state index contributed by atoms with van der Waals surface area (Å²) in [4.78, 5) is 17.0. The van der Waals surface area contributed by atoms with E-state index in [1.807, 2.05) is 44.2 Å². The van der Waals surface area contributed by atoms with Gasteiger partial charge in [0.15, 0.2) is 0 Å². The highest BCUT2D eigenvalue weighted by atomic mass is 32.2. The number of nitrogens with zero attached hydrogens (tertiary/aromatic N) is 3. The molecule has 0 atom stereocenters. The number of aliphatic hydroxyl groups excluding tert-OH is 1. The van der Waals surface area contributed by atoms with E-state index in [1.54, 1.807) is 23.5 Å². The van der Waals surface area contributed by atoms with E-state index in [9.17, 15) is 18.3 Å². The van der Waals surface area contributed by atoms with E-state index in [2.05, 4.69) is 14.9 Å². The Kier molecular flexibility index (Phi) is 9.32. The Morgan fingerprint density at radius 2 is 1.60 bits per heavy atom. The lowest BCUT2D eigenvalue weighted by atomic mass is 9.96. The average molecular weight is 611 g/mol. The number of aryl methyl sites for hydroxylation is 2. The van der Waals surface area contributed by atoms with Gasteiger partial charge in [0.05, 0.1) is 27.6 Å². The van der Waals surface area contributed by atoms with Gasteiger partial charge in [0, 0.05) is 29.9 Å². The van der Waals surface area contributed by atoms with Crippen molar-refractivity contribution in [3.63, 3.8) is 0 Å². The summed E-state index contributed by atoms with van der Waals surface area (Å²) in [5.41, 5.74) is 3.90. The third kappa shape index (κ3) is 7.20. The summed E-state index contributed by atoms with van der Waals surface area (Å²) >= 11 is 1.55. The highest BCUT2D eigenvalue weighted by molar-refractivity contribution is 7.85. The van der Waals surface area contributed by atoms with Crippen LogP contribution in [-0.2, 0) is 10.1 Å². The zero-order chi connectivity index (χ0) is 29.9. The molecule has 2 aliphatic rings. The molecule has 1 saturated carbocycles. The second kappa shape index (κ2) is 12.9. The van der Waals surface area contributed by atoms with Gasteiger partial charge in [-0.05, 0) is 82.0 Å². The highest BCUT2D eigenvalue weighted by Gasteiger charge is 2.23. The monoisotopic (exact) mass is 610 g/mol. The maximum atomic E-state index is 12.9. The molecule has 0 bridgehead atoms. The van der Waals surface area contributed by atoms with Crippen LogP contribution in [0.1, 0.15) is 71.9 Å². The zero-order valence-electron chi connectivity index (χ0n) is 24.0. The van der Waals surface area contributed by atoms with Crippen molar-refractivity contribution in [2.24, 2.45) is 0 Å². The van der Waals surface area contributed by atoms with Gasteiger partial charge in [0.2, 0.25) is 0 Å². The van der Waals surface area contributed by atoms with Crippen LogP contribution in [0.25, 0.3) is 10.2 Å². The Morgan fingerprint density at radius 3 is 2.21 bits per heavy atom. The molecule has 0 unspecified atom stereocenters. The van der Waals surface area contributed by atoms with Crippen LogP contribution >= 0.6 is 11.3 Å². The van der Waals surface area contributed by atoms with E-state index >= 15 is 0 Å². The molecule has 42 heavy (non-hydrogen) atoms. The Morgan fingerprint density at radius 1 is 0.952 bits per heavy atom. The number of thiophene rings is 1. The Hall–Kier alpha value is -3.25. The molecule has 0 spiro atoms. The van der Waals surface area contributed by atoms with Crippen molar-refractivity contribution < 1.29 is 22.9 Å². The van der Waals surface area contributed by atoms with Crippen molar-refractivity contribution in [2.45, 2.75) is 75.8 Å². The summed E-state index contributed by atoms with van der Waals surface area (Å²) in [5.74, 6) is -0.0651. The molecule has 6 rings (SSSR count). The van der Waals surface area contributed by atoms with Crippen molar-refractivity contribution in [3.05, 3.63) is 70.7 Å². The van der Waals surface area contributed by atoms with E-state index in [1.165, 1.54) is 44.2 Å². The summed E-state index contributed by atoms with van der Waals surface area (Å²) < 4.78 is 31.7. The number of anilines is 2. The first-order valence-electron chi connectivity index (χ1n) is 14.5. The predicted molar refractivity (Wildman–Crippen MR) is 167 cm³/mol. The van der Waals surface area contributed by atoms with Gasteiger partial charge in [-0.15, -0.1) is 11.3 Å². The summed E-state index contributed by atoms with van der Waals surface area (Å²) in [6, 6.07) is 16.4. The van der Waals surface area contributed by atoms with Crippen LogP contribution < -0.4 is 10.2 Å². The Labute approximate surface area is 250 Å². The number of aliphatic hydroxyl groups is 1. The second-order valence-electron chi connectivity index (χ2n) is 11.2. The molecule has 1 amide bonds. The minimum absolute atomic E-state index is 0.0651. The molecule has 1 saturated heterocycles. The highest BCUT2D eigenvalue weighted by Crippen LogP contribution is 2.35. The largest absolute Gasteiger partial charge is 0.393 e. The SMILES string of the molecule is Cc1ccc(S(=O)(=O)O)cc1.Cc1nn(C2CCCCC2)c2sc(C(=O)Nc3ccc(N4CCC(O)CC4)cc3)cc12. The van der Waals surface area contributed by atoms with Gasteiger partial charge in [-0.1, -0.05) is 37.0 Å². The van der Waals surface area contributed by atoms with Gasteiger partial charge < -0.3 is 15.3 Å². The van der Waals surface area contributed by atoms with E-state index in [-0.39, 0.29) is 16.9 Å². The minimum Gasteiger partial charge on any atom is -0.393 e. The van der Waals surface area contributed by atoms with Gasteiger partial charge in [-0.3, -0.25) is 14.0 Å². The first-order chi connectivity index (χ1) is 20.1. The number of nitrogens with one attached hydrogen (secondary N) is 1. The standard InChI is InChI=1S/C24H30N4O2S.C7H8O3S/c1-16-21-15-22(31-24(21)28(26-16)19-5-3-2-4-6-19)23(30)25-17-7-9-18(10-8-17)27-13-11-20(29)12-14-27;1-6-2-4-7(5-3-6)11(8,9)10/h7-10,15,19-20,29H,2-6,11-14H2,1H3,(H,25,30);2-5H,1H3,(H,8,9,10). The van der Waals surface area contributed by atoms with Crippen LogP contribution in [0.2, 0.25) is 0 Å². The minimum atomic E-state index is -4.02. The number of hydrogen-bond donors (Lipinski definition) is 3. The number of rotatable bonds is 5. The third-order valence-corrected chi connectivity index (χ3v) is 9.98. The van der Waals surface area contributed by atoms with Crippen LogP contribution in [0.5, 0.6) is 0 Å².